The molecule has 0 bridgehead atoms. The largest absolute Gasteiger partial charge is 0.295 e. The van der Waals surface area contributed by atoms with Crippen molar-refractivity contribution in [3.8, 4) is 0 Å². The third kappa shape index (κ3) is 5.28. The Kier molecular flexibility index (Phi) is 2.63. The maximum absolute atomic E-state index is 10.7. The standard InChI is InChI=1S/C8H14O/c1-5-7(9)6-8(2,3)4/h5H,1,6H2,2-4H3. The predicted molar refractivity (Wildman–Crippen MR) is 39.3 cm³/mol. The lowest BCUT2D eigenvalue weighted by Crippen LogP contribution is -2.10. The summed E-state index contributed by atoms with van der Waals surface area (Å²) >= 11 is 0. The highest BCUT2D eigenvalue weighted by Gasteiger charge is 2.12. The van der Waals surface area contributed by atoms with Crippen LogP contribution < -0.4 is 0 Å². The van der Waals surface area contributed by atoms with Crippen LogP contribution in [0.5, 0.6) is 0 Å². The van der Waals surface area contributed by atoms with Gasteiger partial charge in [-0.05, 0) is 11.5 Å². The monoisotopic (exact) mass is 126 g/mol. The van der Waals surface area contributed by atoms with E-state index in [-0.39, 0.29) is 11.2 Å². The molecule has 0 spiro atoms. The highest BCUT2D eigenvalue weighted by Crippen LogP contribution is 2.18. The first-order valence-corrected chi connectivity index (χ1v) is 3.11. The number of carbonyl (C=O) groups is 1. The molecular weight excluding hydrogens is 112 g/mol. The van der Waals surface area contributed by atoms with E-state index in [1.165, 1.54) is 6.08 Å². The van der Waals surface area contributed by atoms with E-state index in [4.69, 9.17) is 0 Å². The molecule has 0 heterocycles. The van der Waals surface area contributed by atoms with Crippen molar-refractivity contribution >= 4 is 5.78 Å². The zero-order valence-corrected chi connectivity index (χ0v) is 6.40. The van der Waals surface area contributed by atoms with Gasteiger partial charge in [-0.25, -0.2) is 0 Å². The van der Waals surface area contributed by atoms with Crippen LogP contribution in [0.25, 0.3) is 0 Å². The Morgan fingerprint density at radius 1 is 1.56 bits per heavy atom. The molecule has 0 aliphatic heterocycles. The summed E-state index contributed by atoms with van der Waals surface area (Å²) in [6.45, 7) is 9.50. The summed E-state index contributed by atoms with van der Waals surface area (Å²) < 4.78 is 0. The highest BCUT2D eigenvalue weighted by atomic mass is 16.1. The van der Waals surface area contributed by atoms with Crippen molar-refractivity contribution in [2.75, 3.05) is 0 Å². The van der Waals surface area contributed by atoms with E-state index in [1.807, 2.05) is 20.8 Å². The van der Waals surface area contributed by atoms with E-state index in [9.17, 15) is 4.79 Å². The van der Waals surface area contributed by atoms with Gasteiger partial charge >= 0.3 is 0 Å². The van der Waals surface area contributed by atoms with Crippen molar-refractivity contribution < 1.29 is 4.79 Å². The van der Waals surface area contributed by atoms with E-state index in [0.717, 1.165) is 0 Å². The van der Waals surface area contributed by atoms with Gasteiger partial charge in [-0.15, -0.1) is 0 Å². The molecule has 1 nitrogen and oxygen atoms in total. The Hall–Kier alpha value is -0.590. The van der Waals surface area contributed by atoms with Gasteiger partial charge in [0.15, 0.2) is 5.78 Å². The lowest BCUT2D eigenvalue weighted by molar-refractivity contribution is -0.116. The fourth-order valence-electron chi connectivity index (χ4n) is 0.595. The van der Waals surface area contributed by atoms with Gasteiger partial charge in [-0.1, -0.05) is 27.4 Å². The Morgan fingerprint density at radius 3 is 2.11 bits per heavy atom. The van der Waals surface area contributed by atoms with Gasteiger partial charge in [0.2, 0.25) is 0 Å². The van der Waals surface area contributed by atoms with Crippen LogP contribution >= 0.6 is 0 Å². The predicted octanol–water partition coefficient (Wildman–Crippen LogP) is 2.18. The zero-order valence-electron chi connectivity index (χ0n) is 6.40. The molecule has 0 atom stereocenters. The average molecular weight is 126 g/mol. The summed E-state index contributed by atoms with van der Waals surface area (Å²) in [5, 5.41) is 0. The first kappa shape index (κ1) is 8.41. The fourth-order valence-corrected chi connectivity index (χ4v) is 0.595. The third-order valence-electron chi connectivity index (χ3n) is 0.932. The number of hydrogen-bond acceptors (Lipinski definition) is 1. The Morgan fingerprint density at radius 2 is 2.00 bits per heavy atom. The minimum atomic E-state index is 0.102. The first-order valence-electron chi connectivity index (χ1n) is 3.11. The van der Waals surface area contributed by atoms with Crippen LogP contribution in [-0.4, -0.2) is 5.78 Å². The van der Waals surface area contributed by atoms with Crippen LogP contribution in [0.4, 0.5) is 0 Å². The van der Waals surface area contributed by atoms with Gasteiger partial charge in [0.1, 0.15) is 0 Å². The van der Waals surface area contributed by atoms with Gasteiger partial charge < -0.3 is 0 Å². The first-order chi connectivity index (χ1) is 3.95. The molecule has 0 amide bonds. The van der Waals surface area contributed by atoms with Gasteiger partial charge in [-0.2, -0.15) is 0 Å². The van der Waals surface area contributed by atoms with Crippen LogP contribution in [0.1, 0.15) is 27.2 Å². The lowest BCUT2D eigenvalue weighted by Gasteiger charge is -2.14. The van der Waals surface area contributed by atoms with Crippen LogP contribution in [0.3, 0.4) is 0 Å². The van der Waals surface area contributed by atoms with Crippen LogP contribution in [0, 0.1) is 5.41 Å². The van der Waals surface area contributed by atoms with Crippen LogP contribution in [-0.2, 0) is 4.79 Å². The fraction of sp³-hybridized carbons (Fsp3) is 0.625. The molecular formula is C8H14O. The summed E-state index contributed by atoms with van der Waals surface area (Å²) in [5.41, 5.74) is 0.102. The molecule has 0 unspecified atom stereocenters. The second kappa shape index (κ2) is 2.81. The second-order valence-corrected chi connectivity index (χ2v) is 3.41. The third-order valence-corrected chi connectivity index (χ3v) is 0.932. The molecule has 0 aromatic rings. The minimum absolute atomic E-state index is 0.102. The van der Waals surface area contributed by atoms with E-state index in [0.29, 0.717) is 6.42 Å². The lowest BCUT2D eigenvalue weighted by atomic mass is 9.90. The van der Waals surface area contributed by atoms with Gasteiger partial charge in [0.25, 0.3) is 0 Å². The van der Waals surface area contributed by atoms with E-state index < -0.39 is 0 Å². The SMILES string of the molecule is C=CC(=O)CC(C)(C)C. The quantitative estimate of drug-likeness (QED) is 0.518. The summed E-state index contributed by atoms with van der Waals surface area (Å²) in [7, 11) is 0. The number of rotatable bonds is 2. The molecule has 0 aromatic heterocycles. The molecule has 0 saturated carbocycles. The molecule has 52 valence electrons. The molecule has 0 rings (SSSR count). The smallest absolute Gasteiger partial charge is 0.155 e. The molecule has 0 radical (unpaired) electrons. The highest BCUT2D eigenvalue weighted by molar-refractivity contribution is 5.89. The average Bonchev–Trinajstić information content (AvgIpc) is 1.62. The van der Waals surface area contributed by atoms with Gasteiger partial charge in [0, 0.05) is 6.42 Å². The minimum Gasteiger partial charge on any atom is -0.295 e. The second-order valence-electron chi connectivity index (χ2n) is 3.41. The van der Waals surface area contributed by atoms with E-state index in [1.54, 1.807) is 0 Å². The Balaban J connectivity index is 3.74. The number of ketones is 1. The number of carbonyl (C=O) groups excluding carboxylic acids is 1. The van der Waals surface area contributed by atoms with Gasteiger partial charge in [-0.3, -0.25) is 4.79 Å². The summed E-state index contributed by atoms with van der Waals surface area (Å²) in [4.78, 5) is 10.7. The molecule has 0 N–H and O–H groups in total. The molecule has 9 heavy (non-hydrogen) atoms. The zero-order chi connectivity index (χ0) is 7.49. The van der Waals surface area contributed by atoms with Gasteiger partial charge in [0.05, 0.1) is 0 Å². The van der Waals surface area contributed by atoms with Crippen molar-refractivity contribution in [1.82, 2.24) is 0 Å². The molecule has 1 heteroatoms. The van der Waals surface area contributed by atoms with Crippen molar-refractivity contribution in [3.05, 3.63) is 12.7 Å². The maximum atomic E-state index is 10.7. The topological polar surface area (TPSA) is 17.1 Å². The van der Waals surface area contributed by atoms with Crippen molar-refractivity contribution in [1.29, 1.82) is 0 Å². The summed E-state index contributed by atoms with van der Waals surface area (Å²) in [6.07, 6.45) is 1.97. The van der Waals surface area contributed by atoms with Crippen molar-refractivity contribution in [3.63, 3.8) is 0 Å². The van der Waals surface area contributed by atoms with Crippen LogP contribution in [0.15, 0.2) is 12.7 Å². The van der Waals surface area contributed by atoms with Crippen molar-refractivity contribution in [2.24, 2.45) is 5.41 Å². The maximum Gasteiger partial charge on any atom is 0.155 e. The summed E-state index contributed by atoms with van der Waals surface area (Å²) in [6, 6.07) is 0. The van der Waals surface area contributed by atoms with E-state index in [2.05, 4.69) is 6.58 Å². The Bertz CT molecular complexity index is 117. The molecule has 0 aromatic carbocycles. The molecule has 0 fully saturated rings. The number of allylic oxidation sites excluding steroid dienone is 1. The van der Waals surface area contributed by atoms with Crippen molar-refractivity contribution in [2.45, 2.75) is 27.2 Å². The normalized spacial score (nSPS) is 11.0. The molecule has 0 aliphatic rings. The summed E-state index contributed by atoms with van der Waals surface area (Å²) in [5.74, 6) is 0.127. The Labute approximate surface area is 56.8 Å². The molecule has 0 saturated heterocycles. The molecule has 0 aliphatic carbocycles. The van der Waals surface area contributed by atoms with E-state index >= 15 is 0 Å². The number of hydrogen-bond donors (Lipinski definition) is 0. The van der Waals surface area contributed by atoms with Crippen LogP contribution in [0.2, 0.25) is 0 Å².